The third-order valence-corrected chi connectivity index (χ3v) is 3.10. The summed E-state index contributed by atoms with van der Waals surface area (Å²) in [5, 5.41) is 3.09. The van der Waals surface area contributed by atoms with E-state index in [4.69, 9.17) is 11.6 Å². The van der Waals surface area contributed by atoms with Crippen LogP contribution in [0, 0.1) is 0 Å². The van der Waals surface area contributed by atoms with E-state index in [0.29, 0.717) is 5.15 Å². The lowest BCUT2D eigenvalue weighted by molar-refractivity contribution is -0.119. The largest absolute Gasteiger partial charge is 0.358 e. The highest BCUT2D eigenvalue weighted by atomic mass is 35.5. The summed E-state index contributed by atoms with van der Waals surface area (Å²) >= 11 is 6.16. The first-order valence-corrected chi connectivity index (χ1v) is 6.84. The van der Waals surface area contributed by atoms with Crippen molar-refractivity contribution in [3.8, 4) is 0 Å². The fourth-order valence-corrected chi connectivity index (χ4v) is 2.24. The van der Waals surface area contributed by atoms with Crippen LogP contribution >= 0.6 is 11.6 Å². The van der Waals surface area contributed by atoms with Gasteiger partial charge in [0.15, 0.2) is 0 Å². The Kier molecular flexibility index (Phi) is 6.02. The molecule has 6 heteroatoms. The van der Waals surface area contributed by atoms with E-state index in [1.807, 2.05) is 18.7 Å². The molecule has 0 aromatic carbocycles. The molecular weight excluding hydrogens is 264 g/mol. The summed E-state index contributed by atoms with van der Waals surface area (Å²) < 4.78 is 0. The van der Waals surface area contributed by atoms with E-state index in [0.717, 1.165) is 24.3 Å². The van der Waals surface area contributed by atoms with Crippen LogP contribution in [0.5, 0.6) is 0 Å². The highest BCUT2D eigenvalue weighted by Crippen LogP contribution is 2.30. The molecule has 0 spiro atoms. The Morgan fingerprint density at radius 2 is 2.16 bits per heavy atom. The molecule has 1 heterocycles. The number of hydrogen-bond acceptors (Lipinski definition) is 4. The molecule has 0 radical (unpaired) electrons. The van der Waals surface area contributed by atoms with Crippen LogP contribution in [0.25, 0.3) is 0 Å². The van der Waals surface area contributed by atoms with Gasteiger partial charge in [-0.05, 0) is 12.3 Å². The molecule has 0 bridgehead atoms. The summed E-state index contributed by atoms with van der Waals surface area (Å²) in [7, 11) is 1.63. The molecule has 106 valence electrons. The van der Waals surface area contributed by atoms with Gasteiger partial charge in [-0.3, -0.25) is 4.79 Å². The summed E-state index contributed by atoms with van der Waals surface area (Å²) in [6, 6.07) is 0. The van der Waals surface area contributed by atoms with Crippen molar-refractivity contribution >= 4 is 23.3 Å². The van der Waals surface area contributed by atoms with Gasteiger partial charge in [-0.15, -0.1) is 0 Å². The molecule has 1 aromatic heterocycles. The molecule has 0 aliphatic rings. The number of amides is 1. The molecular formula is C13H21ClN4O. The molecule has 0 unspecified atom stereocenters. The van der Waals surface area contributed by atoms with Crippen LogP contribution in [0.15, 0.2) is 6.33 Å². The Labute approximate surface area is 119 Å². The first kappa shape index (κ1) is 15.7. The van der Waals surface area contributed by atoms with Crippen LogP contribution in [0.4, 0.5) is 5.82 Å². The maximum Gasteiger partial charge on any atom is 0.239 e. The molecule has 1 N–H and O–H groups in total. The van der Waals surface area contributed by atoms with Crippen molar-refractivity contribution in [1.82, 2.24) is 15.3 Å². The molecule has 0 aliphatic heterocycles. The molecule has 0 fully saturated rings. The SMILES string of the molecule is CCCN(CC(=O)NC)c1ncnc(Cl)c1C(C)C. The van der Waals surface area contributed by atoms with Gasteiger partial charge in [0, 0.05) is 19.2 Å². The normalized spacial score (nSPS) is 10.6. The summed E-state index contributed by atoms with van der Waals surface area (Å²) in [6.45, 7) is 7.17. The van der Waals surface area contributed by atoms with Gasteiger partial charge in [-0.1, -0.05) is 32.4 Å². The Bertz CT molecular complexity index is 437. The van der Waals surface area contributed by atoms with Gasteiger partial charge < -0.3 is 10.2 Å². The van der Waals surface area contributed by atoms with E-state index in [1.54, 1.807) is 7.05 Å². The quantitative estimate of drug-likeness (QED) is 0.814. The van der Waals surface area contributed by atoms with Gasteiger partial charge >= 0.3 is 0 Å². The molecule has 1 aromatic rings. The predicted octanol–water partition coefficient (Wildman–Crippen LogP) is 2.22. The number of rotatable bonds is 6. The van der Waals surface area contributed by atoms with Crippen molar-refractivity contribution in [3.63, 3.8) is 0 Å². The molecule has 1 rings (SSSR count). The Morgan fingerprint density at radius 3 is 2.68 bits per heavy atom. The van der Waals surface area contributed by atoms with Gasteiger partial charge in [0.25, 0.3) is 0 Å². The number of hydrogen-bond donors (Lipinski definition) is 1. The van der Waals surface area contributed by atoms with E-state index in [9.17, 15) is 4.79 Å². The maximum absolute atomic E-state index is 11.6. The van der Waals surface area contributed by atoms with E-state index in [1.165, 1.54) is 6.33 Å². The van der Waals surface area contributed by atoms with Crippen molar-refractivity contribution < 1.29 is 4.79 Å². The summed E-state index contributed by atoms with van der Waals surface area (Å²) in [6.07, 6.45) is 2.37. The van der Waals surface area contributed by atoms with Gasteiger partial charge in [0.2, 0.25) is 5.91 Å². The minimum Gasteiger partial charge on any atom is -0.358 e. The number of aromatic nitrogens is 2. The number of halogens is 1. The highest BCUT2D eigenvalue weighted by molar-refractivity contribution is 6.30. The number of carbonyl (C=O) groups excluding carboxylic acids is 1. The first-order chi connectivity index (χ1) is 9.01. The molecule has 5 nitrogen and oxygen atoms in total. The van der Waals surface area contributed by atoms with Crippen LogP contribution in [-0.4, -0.2) is 36.0 Å². The van der Waals surface area contributed by atoms with E-state index in [2.05, 4.69) is 22.2 Å². The van der Waals surface area contributed by atoms with Crippen molar-refractivity contribution in [3.05, 3.63) is 17.0 Å². The zero-order valence-electron chi connectivity index (χ0n) is 11.9. The maximum atomic E-state index is 11.6. The van der Waals surface area contributed by atoms with Crippen LogP contribution < -0.4 is 10.2 Å². The van der Waals surface area contributed by atoms with Crippen LogP contribution in [-0.2, 0) is 4.79 Å². The number of likely N-dealkylation sites (N-methyl/N-ethyl adjacent to an activating group) is 1. The topological polar surface area (TPSA) is 58.1 Å². The Balaban J connectivity index is 3.14. The van der Waals surface area contributed by atoms with Crippen LogP contribution in [0.2, 0.25) is 5.15 Å². The van der Waals surface area contributed by atoms with Crippen molar-refractivity contribution in [2.75, 3.05) is 25.0 Å². The first-order valence-electron chi connectivity index (χ1n) is 6.47. The summed E-state index contributed by atoms with van der Waals surface area (Å²) in [5.74, 6) is 0.908. The minimum absolute atomic E-state index is 0.0436. The zero-order chi connectivity index (χ0) is 14.4. The van der Waals surface area contributed by atoms with E-state index < -0.39 is 0 Å². The highest BCUT2D eigenvalue weighted by Gasteiger charge is 2.20. The summed E-state index contributed by atoms with van der Waals surface area (Å²) in [4.78, 5) is 21.9. The van der Waals surface area contributed by atoms with Gasteiger partial charge in [0.05, 0.1) is 6.54 Å². The smallest absolute Gasteiger partial charge is 0.239 e. The second-order valence-corrected chi connectivity index (χ2v) is 5.01. The monoisotopic (exact) mass is 284 g/mol. The molecule has 0 saturated carbocycles. The standard InChI is InChI=1S/C13H21ClN4O/c1-5-6-18(7-10(19)15-4)13-11(9(2)3)12(14)16-8-17-13/h8-9H,5-7H2,1-4H3,(H,15,19). The second kappa shape index (κ2) is 7.28. The summed E-state index contributed by atoms with van der Waals surface area (Å²) in [5.41, 5.74) is 0.890. The van der Waals surface area contributed by atoms with Crippen molar-refractivity contribution in [2.45, 2.75) is 33.1 Å². The lowest BCUT2D eigenvalue weighted by Gasteiger charge is -2.26. The van der Waals surface area contributed by atoms with Crippen molar-refractivity contribution in [1.29, 1.82) is 0 Å². The third-order valence-electron chi connectivity index (χ3n) is 2.80. The van der Waals surface area contributed by atoms with Gasteiger partial charge in [-0.25, -0.2) is 9.97 Å². The Morgan fingerprint density at radius 1 is 1.47 bits per heavy atom. The molecule has 0 atom stereocenters. The number of nitrogens with one attached hydrogen (secondary N) is 1. The lowest BCUT2D eigenvalue weighted by atomic mass is 10.1. The zero-order valence-corrected chi connectivity index (χ0v) is 12.7. The van der Waals surface area contributed by atoms with E-state index >= 15 is 0 Å². The lowest BCUT2D eigenvalue weighted by Crippen LogP contribution is -2.37. The average Bonchev–Trinajstić information content (AvgIpc) is 2.37. The van der Waals surface area contributed by atoms with Gasteiger partial charge in [0.1, 0.15) is 17.3 Å². The molecule has 0 aliphatic carbocycles. The van der Waals surface area contributed by atoms with Crippen LogP contribution in [0.1, 0.15) is 38.7 Å². The van der Waals surface area contributed by atoms with Gasteiger partial charge in [-0.2, -0.15) is 0 Å². The number of anilines is 1. The van der Waals surface area contributed by atoms with Crippen LogP contribution in [0.3, 0.4) is 0 Å². The predicted molar refractivity (Wildman–Crippen MR) is 77.7 cm³/mol. The fourth-order valence-electron chi connectivity index (χ4n) is 1.90. The fraction of sp³-hybridized carbons (Fsp3) is 0.615. The average molecular weight is 285 g/mol. The Hall–Kier alpha value is -1.36. The number of nitrogens with zero attached hydrogens (tertiary/aromatic N) is 3. The molecule has 19 heavy (non-hydrogen) atoms. The second-order valence-electron chi connectivity index (χ2n) is 4.65. The molecule has 1 amide bonds. The number of carbonyl (C=O) groups is 1. The third kappa shape index (κ3) is 4.06. The minimum atomic E-state index is -0.0436. The van der Waals surface area contributed by atoms with Crippen molar-refractivity contribution in [2.24, 2.45) is 0 Å². The van der Waals surface area contributed by atoms with E-state index in [-0.39, 0.29) is 18.4 Å². The molecule has 0 saturated heterocycles.